The maximum absolute atomic E-state index is 17.8. The zero-order chi connectivity index (χ0) is 99.6. The van der Waals surface area contributed by atoms with Crippen LogP contribution in [0, 0.1) is 41.5 Å². The number of Topliss-reactive ketones (excluding diaryl/α,β-unsaturated/α-hetero) is 1. The molecule has 1 N–H and O–H groups in total. The number of hydrogen-bond acceptors (Lipinski definition) is 27. The molecule has 140 heavy (non-hydrogen) atoms. The van der Waals surface area contributed by atoms with E-state index in [1.54, 1.807) is 55.1 Å². The van der Waals surface area contributed by atoms with Crippen molar-refractivity contribution in [2.75, 3.05) is 55.0 Å². The van der Waals surface area contributed by atoms with Gasteiger partial charge < -0.3 is 79.9 Å². The number of alkyl halides is 7. The summed E-state index contributed by atoms with van der Waals surface area (Å²) in [7, 11) is 4.84. The van der Waals surface area contributed by atoms with Crippen molar-refractivity contribution >= 4 is 67.6 Å². The molecule has 748 valence electrons. The maximum Gasteiger partial charge on any atom is 2.00 e. The van der Waals surface area contributed by atoms with Crippen LogP contribution >= 0.6 is 17.2 Å². The van der Waals surface area contributed by atoms with Crippen molar-refractivity contribution in [2.45, 2.75) is 204 Å². The van der Waals surface area contributed by atoms with Gasteiger partial charge >= 0.3 is 22.7 Å². The minimum absolute atomic E-state index is 0. The molecule has 0 radical (unpaired) electrons. The van der Waals surface area contributed by atoms with Crippen LogP contribution in [0.5, 0.6) is 23.0 Å². The van der Waals surface area contributed by atoms with E-state index in [1.807, 2.05) is 220 Å². The first kappa shape index (κ1) is 108. The Balaban J connectivity index is 0.000000194. The van der Waals surface area contributed by atoms with Gasteiger partial charge in [-0.15, -0.1) is 0 Å². The van der Waals surface area contributed by atoms with E-state index in [-0.39, 0.29) is 38.0 Å². The summed E-state index contributed by atoms with van der Waals surface area (Å²) in [5.41, 5.74) is 8.61. The molecule has 6 unspecified atom stereocenters. The third kappa shape index (κ3) is 23.1. The van der Waals surface area contributed by atoms with E-state index in [4.69, 9.17) is 60.9 Å². The molecule has 18 atom stereocenters. The number of aliphatic hydroxyl groups excluding tert-OH is 1. The fourth-order valence-electron chi connectivity index (χ4n) is 16.8. The van der Waals surface area contributed by atoms with Gasteiger partial charge in [0.05, 0.1) is 102 Å². The number of methoxy groups -OCH3 is 4. The number of imidazole rings is 4. The molecule has 6 aromatic carbocycles. The van der Waals surface area contributed by atoms with Gasteiger partial charge in [-0.25, -0.2) is 77.4 Å². The van der Waals surface area contributed by atoms with Crippen LogP contribution in [-0.4, -0.2) is 224 Å². The van der Waals surface area contributed by atoms with Crippen molar-refractivity contribution in [3.63, 3.8) is 0 Å². The fraction of sp³-hybridized carbons (Fsp3) is 0.404. The number of halogens is 7. The first-order valence-electron chi connectivity index (χ1n) is 45.0. The Labute approximate surface area is 819 Å². The van der Waals surface area contributed by atoms with Gasteiger partial charge in [0.2, 0.25) is 5.78 Å². The van der Waals surface area contributed by atoms with Crippen molar-refractivity contribution in [2.24, 2.45) is 0 Å². The van der Waals surface area contributed by atoms with Crippen molar-refractivity contribution in [1.29, 1.82) is 0 Å². The minimum atomic E-state index is -4.64. The summed E-state index contributed by atoms with van der Waals surface area (Å²) in [4.78, 5) is 61.0. The Morgan fingerprint density at radius 1 is 0.421 bits per heavy atom. The summed E-state index contributed by atoms with van der Waals surface area (Å²) in [6, 6.07) is 49.1. The monoisotopic (exact) mass is 2020 g/mol. The third-order valence-electron chi connectivity index (χ3n) is 23.6. The second kappa shape index (κ2) is 49.0. The topological polar surface area (TPSA) is 332 Å². The number of rotatable bonds is 28. The van der Waals surface area contributed by atoms with Gasteiger partial charge in [-0.2, -0.15) is 26.0 Å². The molecule has 4 aliphatic heterocycles. The molecule has 14 aromatic rings. The predicted molar refractivity (Wildman–Crippen MR) is 508 cm³/mol. The number of aromatic nitrogens is 16. The van der Waals surface area contributed by atoms with Crippen LogP contribution in [0.1, 0.15) is 141 Å². The van der Waals surface area contributed by atoms with E-state index in [9.17, 15) is 27.5 Å². The van der Waals surface area contributed by atoms with Crippen LogP contribution in [-0.2, 0) is 74.5 Å². The fourth-order valence-corrected chi connectivity index (χ4v) is 18.3. The van der Waals surface area contributed by atoms with E-state index in [0.29, 0.717) is 116 Å². The van der Waals surface area contributed by atoms with Crippen molar-refractivity contribution in [3.8, 4) is 23.0 Å². The number of fused-ring (bicyclic) bond motifs is 4. The summed E-state index contributed by atoms with van der Waals surface area (Å²) in [6.07, 6.45) is -6.99. The van der Waals surface area contributed by atoms with Gasteiger partial charge in [-0.3, -0.25) is 23.1 Å². The van der Waals surface area contributed by atoms with E-state index >= 15 is 13.2 Å². The second-order valence-electron chi connectivity index (χ2n) is 32.5. The SMILES string of the molecule is CC(=O)C(F)(F)F.CC[C@H]1O[C@@H](n2cnc3c(C)ncnc32)[C@@H](F)C1OP(C)OC[C@H]1O[C@@H](n2cnc3c(C)ncnc32)[C@@H](F)C1OC(c1ccccc1)(c1ccc(OC)cc1)c1ccc(OC)cc1.CC[C@H]1O[C@@H](n2cnc3c(C)ncnc32)[C@@H](F)C1OPC.COc1ccc(C(OC2[C@@H](CO)O[C@@H](n3cnc4c(C)ncnc43)[C@H]2F)(c2ccccc2)c2ccc(OC)cc2)cc1.[CH2-]CC.[CH2-]CC.[Ni+2]. The summed E-state index contributed by atoms with van der Waals surface area (Å²) >= 11 is 0. The summed E-state index contributed by atoms with van der Waals surface area (Å²) in [5.74, 6) is 0.850. The molecule has 18 rings (SSSR count). The molecule has 41 heteroatoms. The van der Waals surface area contributed by atoms with Gasteiger partial charge in [0.25, 0.3) is 0 Å². The number of hydrogen-bond donors (Lipinski definition) is 1. The van der Waals surface area contributed by atoms with Crippen LogP contribution in [0.15, 0.2) is 208 Å². The number of ketones is 1. The second-order valence-corrected chi connectivity index (χ2v) is 34.5. The molecule has 0 amide bonds. The predicted octanol–water partition coefficient (Wildman–Crippen LogP) is 18.6. The van der Waals surface area contributed by atoms with E-state index in [0.717, 1.165) is 40.8 Å². The molecule has 12 heterocycles. The van der Waals surface area contributed by atoms with Gasteiger partial charge in [0.15, 0.2) is 80.6 Å². The number of aryl methyl sites for hydroxylation is 4. The zero-order valence-electron chi connectivity index (χ0n) is 79.8. The Morgan fingerprint density at radius 2 is 0.686 bits per heavy atom. The van der Waals surface area contributed by atoms with Crippen molar-refractivity contribution in [1.82, 2.24) is 78.1 Å². The molecular weight excluding hydrogens is 1910 g/mol. The van der Waals surface area contributed by atoms with Crippen LogP contribution in [0.2, 0.25) is 0 Å². The first-order chi connectivity index (χ1) is 67.1. The largest absolute Gasteiger partial charge is 2.00 e. The molecule has 0 bridgehead atoms. The zero-order valence-corrected chi connectivity index (χ0v) is 82.6. The molecule has 4 aliphatic rings. The quantitative estimate of drug-likeness (QED) is 0.0156. The minimum Gasteiger partial charge on any atom is -0.497 e. The molecule has 4 fully saturated rings. The standard InChI is InChI=1S/C45H47F2N8O7P.C32H31FN4O5.C13H18FN4O2P.C3H3F3O.2C3H7.Ni/c1-7-33-40(36(47)44(59-33)55-25-53-38-27(3)49-23-51-42(38)55)62-63(6)58-21-34-39(35(46)43(60-34)54-24-52-37-26(2)48-22-50-41(37)54)61-45(28-11-9-8-10-12-28,29-13-17-31(56-4)18-14-29)30-15-19-32(57-5)20-16-30;1-20-28-30(35-18-34-20)37(19-36-28)31-27(33)29(26(17-38)41-31)42-32(21-7-5-4-6-8-21,22-9-13-24(39-2)14-10-22)23-11-15-25(40-3)16-12-23;1-4-8-11(20-21-3)9(14)13(19-8)18-6-17-10-7(2)15-5-16-12(10)18;1-2(7)3(4,5)6;2*1-3-2;/h8-20,22-25,33-36,39-40,43-44H,7,21H2,1-6H3;4-16,18-19,26-27,29,31,38H,17H2,1-3H3;5-6,8-9,11,13,21H,4H2,1-3H3;1H3;2*1,3H2,2H3;/q;;;;2*-1;+2/t33-,34-,35+,36+,39?,40?,43-,44-,63?;26-,27+,29?,31-;8-,9+,11?,13-;;;;/m111..../s1. The van der Waals surface area contributed by atoms with E-state index in [2.05, 4.69) is 73.7 Å². The molecule has 0 saturated carbocycles. The van der Waals surface area contributed by atoms with Gasteiger partial charge in [-0.1, -0.05) is 137 Å². The molecule has 8 aromatic heterocycles. The van der Waals surface area contributed by atoms with Crippen molar-refractivity contribution in [3.05, 3.63) is 278 Å². The Bertz CT molecular complexity index is 6190. The number of carbonyl (C=O) groups excluding carboxylic acids is 1. The van der Waals surface area contributed by atoms with E-state index < -0.39 is 130 Å². The number of carbonyl (C=O) groups is 1. The Morgan fingerprint density at radius 3 is 0.964 bits per heavy atom. The molecule has 0 spiro atoms. The smallest absolute Gasteiger partial charge is 0.497 e. The van der Waals surface area contributed by atoms with Gasteiger partial charge in [0, 0.05) is 22.4 Å². The third-order valence-corrected chi connectivity index (χ3v) is 25.2. The normalized spacial score (nSPS) is 22.4. The first-order valence-corrected chi connectivity index (χ1v) is 48.0. The van der Waals surface area contributed by atoms with Crippen LogP contribution in [0.25, 0.3) is 44.7 Å². The summed E-state index contributed by atoms with van der Waals surface area (Å²) < 4.78 is 184. The summed E-state index contributed by atoms with van der Waals surface area (Å²) in [5, 5.41) is 10.4. The maximum atomic E-state index is 17.8. The molecular formula is C99H113F7N16NiO15P2. The van der Waals surface area contributed by atoms with Gasteiger partial charge in [0.1, 0.15) is 118 Å². The number of aliphatic hydroxyl groups is 1. The van der Waals surface area contributed by atoms with Gasteiger partial charge in [-0.05, 0) is 129 Å². The molecule has 4 saturated heterocycles. The molecule has 31 nitrogen and oxygen atoms in total. The van der Waals surface area contributed by atoms with Crippen LogP contribution in [0.4, 0.5) is 30.7 Å². The Hall–Kier alpha value is -11.1. The Kier molecular flexibility index (Phi) is 37.7. The average molecular weight is 2020 g/mol. The van der Waals surface area contributed by atoms with Crippen LogP contribution in [0.3, 0.4) is 0 Å². The summed E-state index contributed by atoms with van der Waals surface area (Å²) in [6.45, 7) is 25.6. The number of nitrogens with zero attached hydrogens (tertiary/aromatic N) is 16. The van der Waals surface area contributed by atoms with E-state index in [1.165, 1.54) is 48.9 Å². The van der Waals surface area contributed by atoms with Crippen molar-refractivity contribution < 1.29 is 118 Å². The van der Waals surface area contributed by atoms with Crippen LogP contribution < -0.4 is 18.9 Å². The number of benzene rings is 6. The average Bonchev–Trinajstić information content (AvgIpc) is 1.37. The molecule has 0 aliphatic carbocycles. The number of ether oxygens (including phenoxy) is 10.